The molecule has 33 heavy (non-hydrogen) atoms. The molecule has 0 saturated heterocycles. The molecule has 172 valence electrons. The largest absolute Gasteiger partial charge is 0.489 e. The van der Waals surface area contributed by atoms with Gasteiger partial charge >= 0.3 is 5.97 Å². The fraction of sp³-hybridized carbons (Fsp3) is 0.320. The Morgan fingerprint density at radius 2 is 1.91 bits per heavy atom. The van der Waals surface area contributed by atoms with E-state index in [2.05, 4.69) is 10.1 Å². The third-order valence-corrected chi connectivity index (χ3v) is 5.98. The first-order chi connectivity index (χ1) is 15.8. The van der Waals surface area contributed by atoms with Crippen LogP contribution in [0.5, 0.6) is 5.75 Å². The second kappa shape index (κ2) is 9.27. The quantitative estimate of drug-likeness (QED) is 0.319. The normalized spacial score (nSPS) is 13.4. The van der Waals surface area contributed by atoms with Gasteiger partial charge in [0, 0.05) is 34.3 Å². The Labute approximate surface area is 196 Å². The summed E-state index contributed by atoms with van der Waals surface area (Å²) in [5.74, 6) is 0.136. The van der Waals surface area contributed by atoms with Crippen LogP contribution in [0.1, 0.15) is 40.2 Å². The Morgan fingerprint density at radius 3 is 2.58 bits per heavy atom. The third kappa shape index (κ3) is 4.59. The molecule has 2 atom stereocenters. The molecule has 7 nitrogen and oxygen atoms in total. The number of benzene rings is 2. The van der Waals surface area contributed by atoms with Crippen LogP contribution in [0.25, 0.3) is 33.7 Å². The number of halogens is 1. The molecule has 0 spiro atoms. The van der Waals surface area contributed by atoms with Gasteiger partial charge in [-0.15, -0.1) is 0 Å². The molecule has 1 unspecified atom stereocenters. The lowest BCUT2D eigenvalue weighted by molar-refractivity contribution is -0.142. The van der Waals surface area contributed by atoms with Gasteiger partial charge in [0.05, 0.1) is 17.0 Å². The van der Waals surface area contributed by atoms with Gasteiger partial charge in [0.15, 0.2) is 0 Å². The Balaban J connectivity index is 1.62. The maximum absolute atomic E-state index is 11.5. The zero-order valence-corrected chi connectivity index (χ0v) is 19.7. The maximum atomic E-state index is 11.5. The number of fused-ring (bicyclic) bond motifs is 1. The number of ether oxygens (including phenoxy) is 1. The van der Waals surface area contributed by atoms with E-state index < -0.39 is 11.9 Å². The smallest absolute Gasteiger partial charge is 0.308 e. The summed E-state index contributed by atoms with van der Waals surface area (Å²) in [5, 5.41) is 15.0. The molecule has 0 aliphatic carbocycles. The van der Waals surface area contributed by atoms with Crippen LogP contribution in [0.4, 0.5) is 0 Å². The van der Waals surface area contributed by atoms with Crippen molar-refractivity contribution in [1.82, 2.24) is 14.7 Å². The van der Waals surface area contributed by atoms with E-state index in [-0.39, 0.29) is 12.1 Å². The summed E-state index contributed by atoms with van der Waals surface area (Å²) in [4.78, 5) is 16.1. The van der Waals surface area contributed by atoms with E-state index in [4.69, 9.17) is 20.9 Å². The fourth-order valence-corrected chi connectivity index (χ4v) is 4.21. The van der Waals surface area contributed by atoms with Crippen molar-refractivity contribution < 1.29 is 19.2 Å². The van der Waals surface area contributed by atoms with Crippen LogP contribution < -0.4 is 4.74 Å². The van der Waals surface area contributed by atoms with Crippen LogP contribution in [-0.4, -0.2) is 31.9 Å². The van der Waals surface area contributed by atoms with Crippen molar-refractivity contribution in [2.45, 2.75) is 46.3 Å². The molecule has 2 aromatic heterocycles. The zero-order valence-electron chi connectivity index (χ0n) is 18.9. The highest BCUT2D eigenvalue weighted by Gasteiger charge is 2.24. The number of aliphatic carboxylic acids is 1. The summed E-state index contributed by atoms with van der Waals surface area (Å²) < 4.78 is 13.2. The lowest BCUT2D eigenvalue weighted by Crippen LogP contribution is -2.23. The van der Waals surface area contributed by atoms with Gasteiger partial charge in [-0.05, 0) is 69.7 Å². The van der Waals surface area contributed by atoms with Crippen molar-refractivity contribution in [1.29, 1.82) is 0 Å². The Bertz CT molecular complexity index is 1290. The van der Waals surface area contributed by atoms with E-state index >= 15 is 0 Å². The predicted molar refractivity (Wildman–Crippen MR) is 128 cm³/mol. The molecule has 2 heterocycles. The van der Waals surface area contributed by atoms with Crippen molar-refractivity contribution in [2.24, 2.45) is 5.92 Å². The number of rotatable bonds is 8. The minimum atomic E-state index is -0.802. The fourth-order valence-electron chi connectivity index (χ4n) is 3.99. The van der Waals surface area contributed by atoms with Gasteiger partial charge in [0.2, 0.25) is 5.82 Å². The minimum absolute atomic E-state index is 0.0214. The van der Waals surface area contributed by atoms with Gasteiger partial charge in [0.1, 0.15) is 5.75 Å². The molecule has 2 aromatic carbocycles. The predicted octanol–water partition coefficient (Wildman–Crippen LogP) is 6.47. The van der Waals surface area contributed by atoms with Gasteiger partial charge in [-0.25, -0.2) is 0 Å². The zero-order chi connectivity index (χ0) is 23.7. The van der Waals surface area contributed by atoms with Crippen LogP contribution in [0.2, 0.25) is 5.02 Å². The molecule has 0 aliphatic heterocycles. The van der Waals surface area contributed by atoms with Crippen LogP contribution in [-0.2, 0) is 4.79 Å². The van der Waals surface area contributed by atoms with Crippen molar-refractivity contribution in [3.05, 3.63) is 53.7 Å². The van der Waals surface area contributed by atoms with E-state index in [0.717, 1.165) is 22.9 Å². The monoisotopic (exact) mass is 467 g/mol. The summed E-state index contributed by atoms with van der Waals surface area (Å²) in [6, 6.07) is 13.1. The Kier molecular flexibility index (Phi) is 6.42. The number of nitrogens with zero attached hydrogens (tertiary/aromatic N) is 3. The van der Waals surface area contributed by atoms with Crippen LogP contribution in [0.3, 0.4) is 0 Å². The lowest BCUT2D eigenvalue weighted by atomic mass is 9.99. The highest BCUT2D eigenvalue weighted by Crippen LogP contribution is 2.33. The highest BCUT2D eigenvalue weighted by atomic mass is 35.5. The van der Waals surface area contributed by atoms with Crippen LogP contribution in [0, 0.1) is 5.92 Å². The van der Waals surface area contributed by atoms with Gasteiger partial charge in [-0.2, -0.15) is 4.98 Å². The molecule has 0 radical (unpaired) electrons. The van der Waals surface area contributed by atoms with Gasteiger partial charge in [-0.3, -0.25) is 4.79 Å². The van der Waals surface area contributed by atoms with E-state index in [9.17, 15) is 9.90 Å². The number of hydrogen-bond donors (Lipinski definition) is 1. The molecule has 0 fully saturated rings. The average Bonchev–Trinajstić information content (AvgIpc) is 3.43. The molecule has 0 amide bonds. The Morgan fingerprint density at radius 1 is 1.15 bits per heavy atom. The van der Waals surface area contributed by atoms with E-state index in [1.165, 1.54) is 0 Å². The average molecular weight is 468 g/mol. The molecular formula is C25H26ClN3O4. The standard InChI is InChI=1S/C25H26ClN3O4/c1-5-20(15(4)25(30)31)29-11-10-16-12-17(6-8-21(16)29)23-27-24(33-28-23)18-7-9-22(19(26)13-18)32-14(2)3/h6-15,20H,5H2,1-4H3,(H,30,31)/t15-,20?/m0/s1. The van der Waals surface area contributed by atoms with E-state index in [0.29, 0.717) is 28.1 Å². The maximum Gasteiger partial charge on any atom is 0.308 e. The first-order valence-corrected chi connectivity index (χ1v) is 11.3. The van der Waals surface area contributed by atoms with Crippen molar-refractivity contribution in [3.8, 4) is 28.6 Å². The first-order valence-electron chi connectivity index (χ1n) is 10.9. The summed E-state index contributed by atoms with van der Waals surface area (Å²) >= 11 is 6.34. The molecule has 4 aromatic rings. The molecular weight excluding hydrogens is 442 g/mol. The molecule has 0 saturated carbocycles. The number of hydrogen-bond acceptors (Lipinski definition) is 5. The lowest BCUT2D eigenvalue weighted by Gasteiger charge is -2.22. The van der Waals surface area contributed by atoms with Gasteiger partial charge < -0.3 is 18.9 Å². The first kappa shape index (κ1) is 22.9. The van der Waals surface area contributed by atoms with Gasteiger partial charge in [-0.1, -0.05) is 23.7 Å². The molecule has 0 bridgehead atoms. The SMILES string of the molecule is CCC([C@H](C)C(=O)O)n1ccc2cc(-c3noc(-c4ccc(OC(C)C)c(Cl)c4)n3)ccc21. The number of aromatic nitrogens is 3. The third-order valence-electron chi connectivity index (χ3n) is 5.69. The second-order valence-electron chi connectivity index (χ2n) is 8.33. The molecule has 0 aliphatic rings. The number of carboxylic acid groups (broad SMARTS) is 1. The molecule has 8 heteroatoms. The number of carboxylic acids is 1. The summed E-state index contributed by atoms with van der Waals surface area (Å²) in [6.07, 6.45) is 2.68. The van der Waals surface area contributed by atoms with Crippen molar-refractivity contribution in [2.75, 3.05) is 0 Å². The van der Waals surface area contributed by atoms with E-state index in [1.54, 1.807) is 19.1 Å². The van der Waals surface area contributed by atoms with E-state index in [1.807, 2.05) is 61.9 Å². The summed E-state index contributed by atoms with van der Waals surface area (Å²) in [6.45, 7) is 7.62. The molecule has 1 N–H and O–H groups in total. The van der Waals surface area contributed by atoms with Crippen LogP contribution >= 0.6 is 11.6 Å². The van der Waals surface area contributed by atoms with Crippen molar-refractivity contribution in [3.63, 3.8) is 0 Å². The molecule has 4 rings (SSSR count). The van der Waals surface area contributed by atoms with Gasteiger partial charge in [0.25, 0.3) is 5.89 Å². The number of carbonyl (C=O) groups is 1. The van der Waals surface area contributed by atoms with Crippen molar-refractivity contribution >= 4 is 28.5 Å². The summed E-state index contributed by atoms with van der Waals surface area (Å²) in [7, 11) is 0. The van der Waals surface area contributed by atoms with Crippen LogP contribution in [0.15, 0.2) is 53.2 Å². The minimum Gasteiger partial charge on any atom is -0.489 e. The highest BCUT2D eigenvalue weighted by molar-refractivity contribution is 6.32. The summed E-state index contributed by atoms with van der Waals surface area (Å²) in [5.41, 5.74) is 2.48. The topological polar surface area (TPSA) is 90.4 Å². The second-order valence-corrected chi connectivity index (χ2v) is 8.74. The Hall–Kier alpha value is -3.32.